The van der Waals surface area contributed by atoms with Crippen LogP contribution in [-0.4, -0.2) is 47.3 Å². The lowest BCUT2D eigenvalue weighted by Crippen LogP contribution is -2.52. The van der Waals surface area contributed by atoms with Crippen LogP contribution in [0.15, 0.2) is 0 Å². The Labute approximate surface area is 91.2 Å². The lowest BCUT2D eigenvalue weighted by molar-refractivity contribution is -0.141. The van der Waals surface area contributed by atoms with E-state index in [0.717, 1.165) is 19.5 Å². The molecule has 1 saturated heterocycles. The Kier molecular flexibility index (Phi) is 4.11. The van der Waals surface area contributed by atoms with Crippen LogP contribution in [0.1, 0.15) is 33.6 Å². The Hall–Kier alpha value is -0.610. The van der Waals surface area contributed by atoms with Gasteiger partial charge in [0.05, 0.1) is 18.6 Å². The van der Waals surface area contributed by atoms with Gasteiger partial charge in [0.25, 0.3) is 0 Å². The van der Waals surface area contributed by atoms with Gasteiger partial charge in [-0.25, -0.2) is 0 Å². The molecule has 1 aliphatic rings. The minimum absolute atomic E-state index is 0.144. The van der Waals surface area contributed by atoms with Crippen LogP contribution in [0.5, 0.6) is 0 Å². The van der Waals surface area contributed by atoms with Crippen molar-refractivity contribution in [2.45, 2.75) is 45.3 Å². The molecule has 4 nitrogen and oxygen atoms in total. The van der Waals surface area contributed by atoms with Crippen LogP contribution >= 0.6 is 0 Å². The van der Waals surface area contributed by atoms with Gasteiger partial charge in [-0.1, -0.05) is 6.92 Å². The van der Waals surface area contributed by atoms with Gasteiger partial charge >= 0.3 is 5.97 Å². The first kappa shape index (κ1) is 12.5. The third-order valence-electron chi connectivity index (χ3n) is 2.85. The summed E-state index contributed by atoms with van der Waals surface area (Å²) in [7, 11) is 0. The van der Waals surface area contributed by atoms with Gasteiger partial charge in [0.2, 0.25) is 0 Å². The molecular weight excluding hydrogens is 194 g/mol. The highest BCUT2D eigenvalue weighted by Crippen LogP contribution is 2.20. The van der Waals surface area contributed by atoms with Crippen molar-refractivity contribution in [1.82, 2.24) is 4.90 Å². The largest absolute Gasteiger partial charge is 0.481 e. The van der Waals surface area contributed by atoms with Crippen molar-refractivity contribution in [2.75, 3.05) is 19.7 Å². The van der Waals surface area contributed by atoms with E-state index in [2.05, 4.69) is 4.90 Å². The highest BCUT2D eigenvalue weighted by Gasteiger charge is 2.31. The summed E-state index contributed by atoms with van der Waals surface area (Å²) in [5.74, 6) is -0.717. The second kappa shape index (κ2) is 4.94. The Morgan fingerprint density at radius 1 is 1.60 bits per heavy atom. The zero-order valence-electron chi connectivity index (χ0n) is 9.82. The molecular formula is C11H21NO3. The minimum Gasteiger partial charge on any atom is -0.481 e. The van der Waals surface area contributed by atoms with Crippen LogP contribution < -0.4 is 0 Å². The number of morpholine rings is 1. The van der Waals surface area contributed by atoms with Gasteiger partial charge < -0.3 is 9.84 Å². The van der Waals surface area contributed by atoms with Crippen LogP contribution in [0.25, 0.3) is 0 Å². The van der Waals surface area contributed by atoms with E-state index in [-0.39, 0.29) is 18.1 Å². The number of hydrogen-bond donors (Lipinski definition) is 1. The number of carboxylic acid groups (broad SMARTS) is 1. The minimum atomic E-state index is -0.717. The molecule has 1 rings (SSSR count). The molecule has 1 N–H and O–H groups in total. The maximum atomic E-state index is 10.7. The van der Waals surface area contributed by atoms with Gasteiger partial charge in [-0.15, -0.1) is 0 Å². The van der Waals surface area contributed by atoms with Crippen molar-refractivity contribution in [2.24, 2.45) is 0 Å². The number of aliphatic carboxylic acids is 1. The summed E-state index contributed by atoms with van der Waals surface area (Å²) in [6.45, 7) is 8.49. The van der Waals surface area contributed by atoms with Crippen molar-refractivity contribution in [3.63, 3.8) is 0 Å². The van der Waals surface area contributed by atoms with E-state index in [1.54, 1.807) is 0 Å². The molecule has 1 heterocycles. The molecule has 1 atom stereocenters. The molecule has 0 aliphatic carbocycles. The number of nitrogens with zero attached hydrogens (tertiary/aromatic N) is 1. The van der Waals surface area contributed by atoms with E-state index in [1.165, 1.54) is 0 Å². The second-order valence-electron chi connectivity index (χ2n) is 4.74. The van der Waals surface area contributed by atoms with Crippen molar-refractivity contribution < 1.29 is 14.6 Å². The summed E-state index contributed by atoms with van der Waals surface area (Å²) in [4.78, 5) is 12.9. The molecule has 1 unspecified atom stereocenters. The number of carbonyl (C=O) groups is 1. The molecule has 0 aromatic carbocycles. The summed E-state index contributed by atoms with van der Waals surface area (Å²) in [6.07, 6.45) is 1.11. The van der Waals surface area contributed by atoms with Crippen molar-refractivity contribution >= 4 is 5.97 Å². The van der Waals surface area contributed by atoms with Gasteiger partial charge in [-0.05, 0) is 20.3 Å². The Bertz CT molecular complexity index is 228. The molecule has 0 spiro atoms. The Balaban J connectivity index is 2.56. The molecule has 0 aromatic heterocycles. The molecule has 88 valence electrons. The fourth-order valence-corrected chi connectivity index (χ4v) is 2.10. The molecule has 0 radical (unpaired) electrons. The van der Waals surface area contributed by atoms with Crippen molar-refractivity contribution in [3.05, 3.63) is 0 Å². The van der Waals surface area contributed by atoms with E-state index in [9.17, 15) is 4.79 Å². The Morgan fingerprint density at radius 2 is 2.27 bits per heavy atom. The number of rotatable bonds is 4. The first-order valence-corrected chi connectivity index (χ1v) is 5.54. The van der Waals surface area contributed by atoms with Crippen LogP contribution in [0.2, 0.25) is 0 Å². The van der Waals surface area contributed by atoms with E-state index >= 15 is 0 Å². The number of ether oxygens (including phenoxy) is 1. The quantitative estimate of drug-likeness (QED) is 0.769. The SMILES string of the molecule is CCC(CC(=O)O)N1CCOC(C)(C)C1. The molecule has 4 heteroatoms. The summed E-state index contributed by atoms with van der Waals surface area (Å²) in [5, 5.41) is 8.82. The average Bonchev–Trinajstić information content (AvgIpc) is 2.12. The highest BCUT2D eigenvalue weighted by atomic mass is 16.5. The summed E-state index contributed by atoms with van der Waals surface area (Å²) < 4.78 is 5.61. The predicted molar refractivity (Wildman–Crippen MR) is 57.9 cm³/mol. The fraction of sp³-hybridized carbons (Fsp3) is 0.909. The maximum Gasteiger partial charge on any atom is 0.304 e. The lowest BCUT2D eigenvalue weighted by Gasteiger charge is -2.41. The van der Waals surface area contributed by atoms with Gasteiger partial charge in [-0.3, -0.25) is 9.69 Å². The molecule has 1 fully saturated rings. The van der Waals surface area contributed by atoms with Gasteiger partial charge in [0.1, 0.15) is 0 Å². The number of carboxylic acids is 1. The van der Waals surface area contributed by atoms with Crippen LogP contribution in [0, 0.1) is 0 Å². The monoisotopic (exact) mass is 215 g/mol. The zero-order valence-corrected chi connectivity index (χ0v) is 9.82. The first-order chi connectivity index (χ1) is 6.94. The maximum absolute atomic E-state index is 10.7. The topological polar surface area (TPSA) is 49.8 Å². The normalized spacial score (nSPS) is 23.7. The lowest BCUT2D eigenvalue weighted by atomic mass is 10.0. The van der Waals surface area contributed by atoms with Gasteiger partial charge in [0, 0.05) is 19.1 Å². The van der Waals surface area contributed by atoms with Crippen LogP contribution in [0.3, 0.4) is 0 Å². The standard InChI is InChI=1S/C11H21NO3/c1-4-9(7-10(13)14)12-5-6-15-11(2,3)8-12/h9H,4-8H2,1-3H3,(H,13,14). The molecule has 0 aromatic rings. The zero-order chi connectivity index (χ0) is 11.5. The van der Waals surface area contributed by atoms with Crippen molar-refractivity contribution in [1.29, 1.82) is 0 Å². The highest BCUT2D eigenvalue weighted by molar-refractivity contribution is 5.67. The van der Waals surface area contributed by atoms with E-state index in [4.69, 9.17) is 9.84 Å². The molecule has 0 bridgehead atoms. The summed E-state index contributed by atoms with van der Waals surface area (Å²) >= 11 is 0. The molecule has 15 heavy (non-hydrogen) atoms. The van der Waals surface area contributed by atoms with Gasteiger partial charge in [0.15, 0.2) is 0 Å². The number of hydrogen-bond acceptors (Lipinski definition) is 3. The van der Waals surface area contributed by atoms with Crippen LogP contribution in [-0.2, 0) is 9.53 Å². The Morgan fingerprint density at radius 3 is 2.73 bits per heavy atom. The summed E-state index contributed by atoms with van der Waals surface area (Å²) in [6, 6.07) is 0.144. The summed E-state index contributed by atoms with van der Waals surface area (Å²) in [5.41, 5.74) is -0.149. The smallest absolute Gasteiger partial charge is 0.304 e. The average molecular weight is 215 g/mol. The van der Waals surface area contributed by atoms with Crippen LogP contribution in [0.4, 0.5) is 0 Å². The molecule has 1 aliphatic heterocycles. The van der Waals surface area contributed by atoms with E-state index in [1.807, 2.05) is 20.8 Å². The predicted octanol–water partition coefficient (Wildman–Crippen LogP) is 1.35. The van der Waals surface area contributed by atoms with Crippen molar-refractivity contribution in [3.8, 4) is 0 Å². The first-order valence-electron chi connectivity index (χ1n) is 5.54. The molecule has 0 saturated carbocycles. The third-order valence-corrected chi connectivity index (χ3v) is 2.85. The van der Waals surface area contributed by atoms with E-state index < -0.39 is 5.97 Å². The fourth-order valence-electron chi connectivity index (χ4n) is 2.10. The van der Waals surface area contributed by atoms with Gasteiger partial charge in [-0.2, -0.15) is 0 Å². The molecule has 0 amide bonds. The third kappa shape index (κ3) is 3.80. The van der Waals surface area contributed by atoms with E-state index in [0.29, 0.717) is 6.61 Å². The second-order valence-corrected chi connectivity index (χ2v) is 4.74.